The molecule has 0 saturated heterocycles. The molecule has 0 aliphatic carbocycles. The van der Waals surface area contributed by atoms with Crippen LogP contribution in [0.4, 0.5) is 5.69 Å². The Morgan fingerprint density at radius 1 is 1.17 bits per heavy atom. The fraction of sp³-hybridized carbons (Fsp3) is 0.167. The van der Waals surface area contributed by atoms with Gasteiger partial charge in [-0.25, -0.2) is 4.98 Å². The van der Waals surface area contributed by atoms with Crippen molar-refractivity contribution in [1.29, 1.82) is 0 Å². The molecule has 0 aliphatic rings. The van der Waals surface area contributed by atoms with Gasteiger partial charge in [0.05, 0.1) is 22.5 Å². The summed E-state index contributed by atoms with van der Waals surface area (Å²) in [6.45, 7) is 1.51. The van der Waals surface area contributed by atoms with Gasteiger partial charge in [-0.05, 0) is 18.2 Å². The van der Waals surface area contributed by atoms with Crippen LogP contribution in [0.3, 0.4) is 0 Å². The molecule has 1 N–H and O–H groups in total. The van der Waals surface area contributed by atoms with E-state index >= 15 is 0 Å². The lowest BCUT2D eigenvalue weighted by molar-refractivity contribution is 0.211. The molecule has 5 heteroatoms. The number of benzene rings is 2. The van der Waals surface area contributed by atoms with Gasteiger partial charge in [-0.2, -0.15) is 0 Å². The third-order valence-corrected chi connectivity index (χ3v) is 4.82. The van der Waals surface area contributed by atoms with Gasteiger partial charge in [0.15, 0.2) is 4.96 Å². The summed E-state index contributed by atoms with van der Waals surface area (Å²) in [5, 5.41) is 3.36. The van der Waals surface area contributed by atoms with Gasteiger partial charge in [-0.3, -0.25) is 4.40 Å². The summed E-state index contributed by atoms with van der Waals surface area (Å²) in [4.78, 5) is 5.79. The third kappa shape index (κ3) is 2.69. The first kappa shape index (κ1) is 14.2. The number of aromatic nitrogens is 2. The summed E-state index contributed by atoms with van der Waals surface area (Å²) in [5.41, 5.74) is 4.47. The molecular weight excluding hydrogens is 306 g/mol. The lowest BCUT2D eigenvalue weighted by Crippen LogP contribution is -2.07. The number of ether oxygens (including phenoxy) is 1. The SMILES string of the molecule is COCCNc1ccc2c(c1)sc1nc(-c3ccccc3)cn12. The number of anilines is 1. The molecule has 0 fully saturated rings. The lowest BCUT2D eigenvalue weighted by Gasteiger charge is -2.05. The first-order chi connectivity index (χ1) is 11.3. The van der Waals surface area contributed by atoms with E-state index in [2.05, 4.69) is 46.2 Å². The van der Waals surface area contributed by atoms with Crippen molar-refractivity contribution in [3.63, 3.8) is 0 Å². The minimum absolute atomic E-state index is 0.701. The summed E-state index contributed by atoms with van der Waals surface area (Å²) in [7, 11) is 1.71. The number of thiazole rings is 1. The highest BCUT2D eigenvalue weighted by molar-refractivity contribution is 7.23. The monoisotopic (exact) mass is 323 g/mol. The highest BCUT2D eigenvalue weighted by Gasteiger charge is 2.10. The van der Waals surface area contributed by atoms with Crippen LogP contribution in [0, 0.1) is 0 Å². The third-order valence-electron chi connectivity index (χ3n) is 3.80. The zero-order valence-corrected chi connectivity index (χ0v) is 13.6. The van der Waals surface area contributed by atoms with Crippen molar-refractivity contribution in [2.45, 2.75) is 0 Å². The van der Waals surface area contributed by atoms with Gasteiger partial charge in [-0.15, -0.1) is 0 Å². The smallest absolute Gasteiger partial charge is 0.195 e. The normalized spacial score (nSPS) is 11.3. The molecule has 0 spiro atoms. The number of hydrogen-bond donors (Lipinski definition) is 1. The second kappa shape index (κ2) is 6.02. The Morgan fingerprint density at radius 2 is 2.04 bits per heavy atom. The zero-order valence-electron chi connectivity index (χ0n) is 12.8. The van der Waals surface area contributed by atoms with Gasteiger partial charge < -0.3 is 10.1 Å². The summed E-state index contributed by atoms with van der Waals surface area (Å²) >= 11 is 1.71. The van der Waals surface area contributed by atoms with E-state index in [9.17, 15) is 0 Å². The molecule has 2 heterocycles. The van der Waals surface area contributed by atoms with Crippen molar-refractivity contribution in [3.8, 4) is 11.3 Å². The van der Waals surface area contributed by atoms with E-state index in [0.29, 0.717) is 6.61 Å². The Balaban J connectivity index is 1.71. The molecule has 0 atom stereocenters. The molecule has 116 valence electrons. The van der Waals surface area contributed by atoms with Crippen molar-refractivity contribution in [3.05, 3.63) is 54.7 Å². The summed E-state index contributed by atoms with van der Waals surface area (Å²) in [5.74, 6) is 0. The minimum atomic E-state index is 0.701. The van der Waals surface area contributed by atoms with Gasteiger partial charge in [0.2, 0.25) is 0 Å². The maximum Gasteiger partial charge on any atom is 0.195 e. The molecular formula is C18H17N3OS. The average Bonchev–Trinajstić information content (AvgIpc) is 3.13. The largest absolute Gasteiger partial charge is 0.383 e. The number of imidazole rings is 1. The number of nitrogens with one attached hydrogen (secondary N) is 1. The standard InChI is InChI=1S/C18H17N3OS/c1-22-10-9-19-14-7-8-16-17(11-14)23-18-20-15(12-21(16)18)13-5-3-2-4-6-13/h2-8,11-12,19H,9-10H2,1H3. The van der Waals surface area contributed by atoms with E-state index in [-0.39, 0.29) is 0 Å². The van der Waals surface area contributed by atoms with Crippen LogP contribution in [0.5, 0.6) is 0 Å². The van der Waals surface area contributed by atoms with Crippen molar-refractivity contribution >= 4 is 32.2 Å². The van der Waals surface area contributed by atoms with Crippen molar-refractivity contribution < 1.29 is 4.74 Å². The molecule has 2 aromatic heterocycles. The summed E-state index contributed by atoms with van der Waals surface area (Å²) in [6, 6.07) is 16.7. The maximum atomic E-state index is 5.07. The van der Waals surface area contributed by atoms with Gasteiger partial charge in [0, 0.05) is 31.1 Å². The van der Waals surface area contributed by atoms with Crippen LogP contribution in [0.15, 0.2) is 54.7 Å². The second-order valence-corrected chi connectivity index (χ2v) is 6.36. The fourth-order valence-corrected chi connectivity index (χ4v) is 3.70. The topological polar surface area (TPSA) is 38.6 Å². The predicted octanol–water partition coefficient (Wildman–Crippen LogP) is 4.27. The van der Waals surface area contributed by atoms with E-state index in [4.69, 9.17) is 9.72 Å². The van der Waals surface area contributed by atoms with Gasteiger partial charge in [0.25, 0.3) is 0 Å². The van der Waals surface area contributed by atoms with Crippen LogP contribution < -0.4 is 5.32 Å². The van der Waals surface area contributed by atoms with Crippen LogP contribution in [-0.4, -0.2) is 29.6 Å². The van der Waals surface area contributed by atoms with E-state index < -0.39 is 0 Å². The number of fused-ring (bicyclic) bond motifs is 3. The van der Waals surface area contributed by atoms with Crippen LogP contribution >= 0.6 is 11.3 Å². The minimum Gasteiger partial charge on any atom is -0.383 e. The molecule has 0 bridgehead atoms. The highest BCUT2D eigenvalue weighted by Crippen LogP contribution is 2.31. The van der Waals surface area contributed by atoms with Gasteiger partial charge >= 0.3 is 0 Å². The fourth-order valence-electron chi connectivity index (χ4n) is 2.66. The van der Waals surface area contributed by atoms with Crippen LogP contribution in [-0.2, 0) is 4.74 Å². The van der Waals surface area contributed by atoms with Gasteiger partial charge in [0.1, 0.15) is 0 Å². The van der Waals surface area contributed by atoms with Crippen LogP contribution in [0.1, 0.15) is 0 Å². The van der Waals surface area contributed by atoms with Crippen LogP contribution in [0.2, 0.25) is 0 Å². The number of nitrogens with zero attached hydrogens (tertiary/aromatic N) is 2. The second-order valence-electron chi connectivity index (χ2n) is 5.35. The molecule has 2 aromatic carbocycles. The first-order valence-corrected chi connectivity index (χ1v) is 8.37. The molecule has 4 nitrogen and oxygen atoms in total. The summed E-state index contributed by atoms with van der Waals surface area (Å²) < 4.78 is 8.47. The summed E-state index contributed by atoms with van der Waals surface area (Å²) in [6.07, 6.45) is 2.11. The Hall–Kier alpha value is -2.37. The number of hydrogen-bond acceptors (Lipinski definition) is 4. The first-order valence-electron chi connectivity index (χ1n) is 7.55. The molecule has 4 aromatic rings. The molecule has 23 heavy (non-hydrogen) atoms. The quantitative estimate of drug-likeness (QED) is 0.557. The van der Waals surface area contributed by atoms with Crippen molar-refractivity contribution in [1.82, 2.24) is 9.38 Å². The van der Waals surface area contributed by atoms with Gasteiger partial charge in [-0.1, -0.05) is 41.7 Å². The highest BCUT2D eigenvalue weighted by atomic mass is 32.1. The molecule has 0 unspecified atom stereocenters. The predicted molar refractivity (Wildman–Crippen MR) is 96.4 cm³/mol. The van der Waals surface area contributed by atoms with Crippen molar-refractivity contribution in [2.75, 3.05) is 25.6 Å². The van der Waals surface area contributed by atoms with E-state index in [1.807, 2.05) is 18.2 Å². The van der Waals surface area contributed by atoms with E-state index in [1.165, 1.54) is 10.2 Å². The average molecular weight is 323 g/mol. The Kier molecular flexibility index (Phi) is 3.73. The molecule has 0 radical (unpaired) electrons. The van der Waals surface area contributed by atoms with Crippen molar-refractivity contribution in [2.24, 2.45) is 0 Å². The van der Waals surface area contributed by atoms with E-state index in [1.54, 1.807) is 18.4 Å². The number of rotatable bonds is 5. The maximum absolute atomic E-state index is 5.07. The lowest BCUT2D eigenvalue weighted by atomic mass is 10.2. The van der Waals surface area contributed by atoms with E-state index in [0.717, 1.165) is 28.5 Å². The van der Waals surface area contributed by atoms with Crippen LogP contribution in [0.25, 0.3) is 26.4 Å². The molecule has 0 saturated carbocycles. The molecule has 0 aliphatic heterocycles. The molecule has 4 rings (SSSR count). The number of methoxy groups -OCH3 is 1. The molecule has 0 amide bonds. The Labute approximate surface area is 138 Å². The Bertz CT molecular complexity index is 943. The Morgan fingerprint density at radius 3 is 2.87 bits per heavy atom. The zero-order chi connectivity index (χ0) is 15.6.